The fourth-order valence-electron chi connectivity index (χ4n) is 4.18. The molecule has 0 atom stereocenters. The molecular formula is C21H29F3N2O2. The fraction of sp³-hybridized carbons (Fsp3) is 0.667. The zero-order valence-electron chi connectivity index (χ0n) is 16.0. The lowest BCUT2D eigenvalue weighted by molar-refractivity contribution is -0.182. The van der Waals surface area contributed by atoms with Crippen LogP contribution in [0.15, 0.2) is 24.3 Å². The first-order valence-corrected chi connectivity index (χ1v) is 10.1. The second-order valence-corrected chi connectivity index (χ2v) is 8.16. The quantitative estimate of drug-likeness (QED) is 0.795. The molecule has 0 spiro atoms. The molecule has 2 fully saturated rings. The van der Waals surface area contributed by atoms with Crippen LogP contribution in [0, 0.1) is 11.8 Å². The third kappa shape index (κ3) is 5.70. The number of halogens is 3. The van der Waals surface area contributed by atoms with Gasteiger partial charge in [0.2, 0.25) is 0 Å². The summed E-state index contributed by atoms with van der Waals surface area (Å²) in [7, 11) is 0. The van der Waals surface area contributed by atoms with Crippen molar-refractivity contribution in [2.45, 2.75) is 57.3 Å². The normalized spacial score (nSPS) is 24.9. The van der Waals surface area contributed by atoms with Crippen LogP contribution in [0.4, 0.5) is 13.2 Å². The molecule has 0 aromatic heterocycles. The number of hydrogen-bond donors (Lipinski definition) is 2. The van der Waals surface area contributed by atoms with E-state index in [1.807, 2.05) is 12.1 Å². The van der Waals surface area contributed by atoms with E-state index in [4.69, 9.17) is 0 Å². The van der Waals surface area contributed by atoms with Crippen molar-refractivity contribution >= 4 is 5.91 Å². The zero-order valence-corrected chi connectivity index (χ0v) is 16.0. The van der Waals surface area contributed by atoms with Crippen LogP contribution >= 0.6 is 0 Å². The van der Waals surface area contributed by atoms with E-state index in [1.54, 1.807) is 12.1 Å². The summed E-state index contributed by atoms with van der Waals surface area (Å²) < 4.78 is 38.2. The average molecular weight is 398 g/mol. The van der Waals surface area contributed by atoms with Gasteiger partial charge >= 0.3 is 6.18 Å². The number of aliphatic hydroxyl groups is 1. The summed E-state index contributed by atoms with van der Waals surface area (Å²) in [6.07, 6.45) is -1.20. The van der Waals surface area contributed by atoms with Gasteiger partial charge in [0.25, 0.3) is 5.91 Å². The van der Waals surface area contributed by atoms with Crippen molar-refractivity contribution in [3.8, 4) is 0 Å². The van der Waals surface area contributed by atoms with E-state index < -0.39 is 12.1 Å². The maximum absolute atomic E-state index is 12.7. The number of carbonyl (C=O) groups excluding carboxylic acids is 1. The molecule has 3 rings (SSSR count). The second-order valence-electron chi connectivity index (χ2n) is 8.16. The molecule has 28 heavy (non-hydrogen) atoms. The van der Waals surface area contributed by atoms with Gasteiger partial charge in [-0.15, -0.1) is 0 Å². The highest BCUT2D eigenvalue weighted by Gasteiger charge is 2.41. The summed E-state index contributed by atoms with van der Waals surface area (Å²) >= 11 is 0. The maximum Gasteiger partial charge on any atom is 0.391 e. The van der Waals surface area contributed by atoms with Gasteiger partial charge in [0.1, 0.15) is 0 Å². The molecule has 1 heterocycles. The molecule has 1 aliphatic heterocycles. The van der Waals surface area contributed by atoms with Crippen LogP contribution in [0.2, 0.25) is 0 Å². The van der Waals surface area contributed by atoms with Crippen LogP contribution in [0.5, 0.6) is 0 Å². The monoisotopic (exact) mass is 398 g/mol. The largest absolute Gasteiger partial charge is 0.396 e. The van der Waals surface area contributed by atoms with E-state index in [-0.39, 0.29) is 31.4 Å². The minimum absolute atomic E-state index is 0.0837. The summed E-state index contributed by atoms with van der Waals surface area (Å²) in [4.78, 5) is 14.7. The van der Waals surface area contributed by atoms with Crippen LogP contribution in [0.3, 0.4) is 0 Å². The summed E-state index contributed by atoms with van der Waals surface area (Å²) in [5.74, 6) is -1.04. The number of carbonyl (C=O) groups is 1. The number of nitrogens with one attached hydrogen (secondary N) is 1. The van der Waals surface area contributed by atoms with Crippen molar-refractivity contribution in [2.24, 2.45) is 11.8 Å². The van der Waals surface area contributed by atoms with E-state index >= 15 is 0 Å². The summed E-state index contributed by atoms with van der Waals surface area (Å²) in [5.41, 5.74) is 1.67. The van der Waals surface area contributed by atoms with Crippen LogP contribution in [0.25, 0.3) is 0 Å². The highest BCUT2D eigenvalue weighted by molar-refractivity contribution is 5.94. The number of alkyl halides is 3. The van der Waals surface area contributed by atoms with Gasteiger partial charge in [-0.05, 0) is 75.2 Å². The van der Waals surface area contributed by atoms with E-state index in [9.17, 15) is 23.1 Å². The Labute approximate surface area is 164 Å². The summed E-state index contributed by atoms with van der Waals surface area (Å²) in [6, 6.07) is 7.26. The third-order valence-corrected chi connectivity index (χ3v) is 6.11. The highest BCUT2D eigenvalue weighted by Crippen LogP contribution is 2.37. The average Bonchev–Trinajstić information content (AvgIpc) is 2.69. The highest BCUT2D eigenvalue weighted by atomic mass is 19.4. The van der Waals surface area contributed by atoms with E-state index in [2.05, 4.69) is 10.2 Å². The number of benzene rings is 1. The Balaban J connectivity index is 1.45. The minimum atomic E-state index is -4.13. The van der Waals surface area contributed by atoms with Crippen LogP contribution < -0.4 is 5.32 Å². The first-order valence-electron chi connectivity index (χ1n) is 10.1. The molecule has 2 N–H and O–H groups in total. The number of likely N-dealkylation sites (tertiary alicyclic amines) is 1. The lowest BCUT2D eigenvalue weighted by atomic mass is 9.85. The lowest BCUT2D eigenvalue weighted by Crippen LogP contribution is -2.40. The second kappa shape index (κ2) is 9.27. The van der Waals surface area contributed by atoms with E-state index in [1.165, 1.54) is 0 Å². The Morgan fingerprint density at radius 3 is 2.18 bits per heavy atom. The molecule has 4 nitrogen and oxygen atoms in total. The van der Waals surface area contributed by atoms with Crippen LogP contribution in [-0.2, 0) is 6.54 Å². The van der Waals surface area contributed by atoms with Crippen molar-refractivity contribution in [1.82, 2.24) is 10.2 Å². The van der Waals surface area contributed by atoms with Crippen molar-refractivity contribution < 1.29 is 23.1 Å². The lowest BCUT2D eigenvalue weighted by Gasteiger charge is -2.31. The fourth-order valence-corrected chi connectivity index (χ4v) is 4.18. The zero-order chi connectivity index (χ0) is 20.1. The number of hydrogen-bond acceptors (Lipinski definition) is 3. The maximum atomic E-state index is 12.7. The van der Waals surface area contributed by atoms with Gasteiger partial charge in [-0.1, -0.05) is 12.1 Å². The molecule has 1 amide bonds. The molecule has 1 saturated heterocycles. The number of nitrogens with zero attached hydrogens (tertiary/aromatic N) is 1. The molecule has 0 radical (unpaired) electrons. The Morgan fingerprint density at radius 1 is 1.04 bits per heavy atom. The topological polar surface area (TPSA) is 52.6 Å². The molecule has 7 heteroatoms. The Kier molecular flexibility index (Phi) is 6.99. The molecule has 1 saturated carbocycles. The van der Waals surface area contributed by atoms with Crippen LogP contribution in [0.1, 0.15) is 54.4 Å². The number of rotatable bonds is 5. The van der Waals surface area contributed by atoms with Gasteiger partial charge < -0.3 is 10.4 Å². The standard InChI is InChI=1S/C21H29F3N2O2/c22-21(23,24)18-5-7-19(8-6-18)25-20(28)17-3-1-15(2-4-17)13-26-11-9-16(14-27)10-12-26/h1-4,16,18-19,27H,5-14H2,(H,25,28). The molecule has 2 aliphatic rings. The predicted molar refractivity (Wildman–Crippen MR) is 101 cm³/mol. The van der Waals surface area contributed by atoms with Gasteiger partial charge in [0, 0.05) is 24.8 Å². The molecular weight excluding hydrogens is 369 g/mol. The Morgan fingerprint density at radius 2 is 1.64 bits per heavy atom. The molecule has 1 aromatic rings. The summed E-state index contributed by atoms with van der Waals surface area (Å²) in [5, 5.41) is 12.1. The Hall–Kier alpha value is -1.60. The molecule has 1 aliphatic carbocycles. The van der Waals surface area contributed by atoms with E-state index in [0.717, 1.165) is 38.0 Å². The van der Waals surface area contributed by atoms with Crippen molar-refractivity contribution in [2.75, 3.05) is 19.7 Å². The van der Waals surface area contributed by atoms with Gasteiger partial charge in [-0.2, -0.15) is 13.2 Å². The van der Waals surface area contributed by atoms with Crippen LogP contribution in [-0.4, -0.2) is 47.8 Å². The first-order chi connectivity index (χ1) is 13.3. The minimum Gasteiger partial charge on any atom is -0.396 e. The van der Waals surface area contributed by atoms with Gasteiger partial charge in [-0.3, -0.25) is 9.69 Å². The first kappa shape index (κ1) is 21.1. The van der Waals surface area contributed by atoms with Crippen molar-refractivity contribution in [1.29, 1.82) is 0 Å². The number of piperidine rings is 1. The number of amides is 1. The van der Waals surface area contributed by atoms with Gasteiger partial charge in [-0.25, -0.2) is 0 Å². The number of aliphatic hydroxyl groups excluding tert-OH is 1. The molecule has 156 valence electrons. The van der Waals surface area contributed by atoms with Gasteiger partial charge in [0.05, 0.1) is 5.92 Å². The van der Waals surface area contributed by atoms with Gasteiger partial charge in [0.15, 0.2) is 0 Å². The smallest absolute Gasteiger partial charge is 0.391 e. The Bertz CT molecular complexity index is 632. The van der Waals surface area contributed by atoms with Crippen molar-refractivity contribution in [3.63, 3.8) is 0 Å². The molecule has 0 unspecified atom stereocenters. The third-order valence-electron chi connectivity index (χ3n) is 6.11. The molecule has 0 bridgehead atoms. The summed E-state index contributed by atoms with van der Waals surface area (Å²) in [6.45, 7) is 3.01. The predicted octanol–water partition coefficient (Wildman–Crippen LogP) is 3.74. The van der Waals surface area contributed by atoms with E-state index in [0.29, 0.717) is 24.3 Å². The van der Waals surface area contributed by atoms with Crippen molar-refractivity contribution in [3.05, 3.63) is 35.4 Å². The molecule has 1 aromatic carbocycles. The SMILES string of the molecule is O=C(NC1CCC(C(F)(F)F)CC1)c1ccc(CN2CCC(CO)CC2)cc1.